The Morgan fingerprint density at radius 3 is 2.74 bits per heavy atom. The van der Waals surface area contributed by atoms with Crippen LogP contribution in [0.2, 0.25) is 0 Å². The average molecular weight is 368 g/mol. The molecule has 1 aliphatic carbocycles. The lowest BCUT2D eigenvalue weighted by Gasteiger charge is -2.34. The zero-order valence-corrected chi connectivity index (χ0v) is 14.0. The second-order valence-electron chi connectivity index (χ2n) is 6.69. The normalized spacial score (nSPS) is 21.6. The van der Waals surface area contributed by atoms with Crippen molar-refractivity contribution in [2.75, 3.05) is 5.32 Å². The molecule has 0 amide bonds. The Balaban J connectivity index is 1.64. The molecule has 0 radical (unpaired) electrons. The maximum atomic E-state index is 13.8. The minimum Gasteiger partial charge on any atom is -0.469 e. The van der Waals surface area contributed by atoms with E-state index in [-0.39, 0.29) is 18.1 Å². The zero-order chi connectivity index (χ0) is 18.5. The number of nitrogens with zero attached hydrogens (tertiary/aromatic N) is 3. The first-order chi connectivity index (χ1) is 13.1. The third kappa shape index (κ3) is 2.56. The van der Waals surface area contributed by atoms with Crippen LogP contribution in [0.1, 0.15) is 36.1 Å². The van der Waals surface area contributed by atoms with Crippen LogP contribution in [0, 0.1) is 11.6 Å². The Kier molecular flexibility index (Phi) is 3.46. The highest BCUT2D eigenvalue weighted by Crippen LogP contribution is 2.43. The highest BCUT2D eigenvalue weighted by atomic mass is 19.1. The van der Waals surface area contributed by atoms with Crippen molar-refractivity contribution in [1.82, 2.24) is 14.8 Å². The van der Waals surface area contributed by atoms with E-state index in [4.69, 9.17) is 4.42 Å². The van der Waals surface area contributed by atoms with E-state index in [0.717, 1.165) is 11.8 Å². The summed E-state index contributed by atoms with van der Waals surface area (Å²) in [5, 5.41) is 7.31. The molecule has 5 rings (SSSR count). The van der Waals surface area contributed by atoms with Crippen LogP contribution in [0.15, 0.2) is 58.6 Å². The Hall–Kier alpha value is -3.29. The molecule has 27 heavy (non-hydrogen) atoms. The van der Waals surface area contributed by atoms with E-state index in [1.807, 2.05) is 6.07 Å². The van der Waals surface area contributed by atoms with Crippen molar-refractivity contribution in [3.8, 4) is 0 Å². The number of rotatable bonds is 2. The van der Waals surface area contributed by atoms with Crippen LogP contribution in [0.5, 0.6) is 0 Å². The van der Waals surface area contributed by atoms with Crippen molar-refractivity contribution in [3.63, 3.8) is 0 Å². The lowest BCUT2D eigenvalue weighted by molar-refractivity contribution is -0.117. The molecule has 1 N–H and O–H groups in total. The molecule has 0 fully saturated rings. The Bertz CT molecular complexity index is 1050. The molecule has 3 heterocycles. The van der Waals surface area contributed by atoms with E-state index in [0.29, 0.717) is 29.2 Å². The highest BCUT2D eigenvalue weighted by molar-refractivity contribution is 6.00. The smallest absolute Gasteiger partial charge is 0.226 e. The SMILES string of the molecule is O=C1CC(c2ccco2)CC2=C1C(c1cc(F)cc(F)c1)n1ncnc1N2. The van der Waals surface area contributed by atoms with Gasteiger partial charge in [-0.1, -0.05) is 0 Å². The quantitative estimate of drug-likeness (QED) is 0.749. The fourth-order valence-corrected chi connectivity index (χ4v) is 3.92. The number of benzene rings is 1. The van der Waals surface area contributed by atoms with Crippen LogP contribution in [-0.4, -0.2) is 20.5 Å². The summed E-state index contributed by atoms with van der Waals surface area (Å²) in [4.78, 5) is 17.2. The van der Waals surface area contributed by atoms with Crippen molar-refractivity contribution in [2.45, 2.75) is 24.8 Å². The minimum absolute atomic E-state index is 0.0990. The van der Waals surface area contributed by atoms with Gasteiger partial charge in [0.05, 0.1) is 6.26 Å². The lowest BCUT2D eigenvalue weighted by atomic mass is 9.79. The van der Waals surface area contributed by atoms with Gasteiger partial charge in [-0.15, -0.1) is 0 Å². The van der Waals surface area contributed by atoms with Gasteiger partial charge in [-0.25, -0.2) is 13.5 Å². The van der Waals surface area contributed by atoms with Crippen LogP contribution < -0.4 is 5.32 Å². The van der Waals surface area contributed by atoms with Crippen LogP contribution in [-0.2, 0) is 4.79 Å². The summed E-state index contributed by atoms with van der Waals surface area (Å²) in [5.41, 5.74) is 1.46. The first-order valence-corrected chi connectivity index (χ1v) is 8.52. The number of carbonyl (C=O) groups is 1. The molecule has 0 saturated heterocycles. The number of Topliss-reactive ketones (excluding diaryl/α,β-unsaturated/α-hetero) is 1. The van der Waals surface area contributed by atoms with Crippen molar-refractivity contribution >= 4 is 11.7 Å². The predicted molar refractivity (Wildman–Crippen MR) is 90.9 cm³/mol. The molecule has 0 spiro atoms. The first kappa shape index (κ1) is 15.9. The van der Waals surface area contributed by atoms with Crippen molar-refractivity contribution in [1.29, 1.82) is 0 Å². The Morgan fingerprint density at radius 2 is 2.00 bits per heavy atom. The number of aromatic nitrogens is 3. The topological polar surface area (TPSA) is 73.0 Å². The van der Waals surface area contributed by atoms with Gasteiger partial charge in [-0.05, 0) is 36.2 Å². The Morgan fingerprint density at radius 1 is 1.19 bits per heavy atom. The molecule has 2 unspecified atom stereocenters. The fourth-order valence-electron chi connectivity index (χ4n) is 3.92. The fraction of sp³-hybridized carbons (Fsp3) is 0.211. The maximum Gasteiger partial charge on any atom is 0.226 e. The second kappa shape index (κ2) is 5.87. The first-order valence-electron chi connectivity index (χ1n) is 8.52. The molecule has 0 saturated carbocycles. The van der Waals surface area contributed by atoms with Gasteiger partial charge >= 0.3 is 0 Å². The van der Waals surface area contributed by atoms with Crippen LogP contribution in [0.4, 0.5) is 14.7 Å². The number of furan rings is 1. The van der Waals surface area contributed by atoms with Crippen molar-refractivity contribution in [3.05, 3.63) is 77.2 Å². The molecule has 0 bridgehead atoms. The van der Waals surface area contributed by atoms with Crippen LogP contribution >= 0.6 is 0 Å². The van der Waals surface area contributed by atoms with Gasteiger partial charge < -0.3 is 9.73 Å². The number of fused-ring (bicyclic) bond motifs is 1. The second-order valence-corrected chi connectivity index (χ2v) is 6.69. The molecule has 2 atom stereocenters. The molecule has 136 valence electrons. The van der Waals surface area contributed by atoms with Gasteiger partial charge in [0, 0.05) is 29.7 Å². The van der Waals surface area contributed by atoms with Crippen molar-refractivity contribution < 1.29 is 18.0 Å². The van der Waals surface area contributed by atoms with Gasteiger partial charge in [0.2, 0.25) is 5.95 Å². The maximum absolute atomic E-state index is 13.8. The number of hydrogen-bond donors (Lipinski definition) is 1. The van der Waals surface area contributed by atoms with E-state index in [2.05, 4.69) is 15.4 Å². The summed E-state index contributed by atoms with van der Waals surface area (Å²) < 4.78 is 34.6. The molecule has 3 aromatic rings. The molecular weight excluding hydrogens is 354 g/mol. The number of carbonyl (C=O) groups excluding carboxylic acids is 1. The summed E-state index contributed by atoms with van der Waals surface area (Å²) in [5.74, 6) is -0.458. The summed E-state index contributed by atoms with van der Waals surface area (Å²) >= 11 is 0. The number of halogens is 2. The number of anilines is 1. The highest BCUT2D eigenvalue weighted by Gasteiger charge is 2.40. The molecule has 1 aromatic carbocycles. The molecular formula is C19H14F2N4O2. The average Bonchev–Trinajstić information content (AvgIpc) is 3.30. The standard InChI is InChI=1S/C19H14F2N4O2/c20-12-4-11(5-13(21)8-12)18-17-14(24-19-22-9-23-25(18)19)6-10(7-15(17)26)16-2-1-3-27-16/h1-5,8-10,18H,6-7H2,(H,22,23,24). The van der Waals surface area contributed by atoms with E-state index >= 15 is 0 Å². The van der Waals surface area contributed by atoms with E-state index in [9.17, 15) is 13.6 Å². The van der Waals surface area contributed by atoms with Crippen LogP contribution in [0.25, 0.3) is 0 Å². The third-order valence-electron chi connectivity index (χ3n) is 5.01. The number of nitrogens with one attached hydrogen (secondary N) is 1. The van der Waals surface area contributed by atoms with Gasteiger partial charge in [-0.2, -0.15) is 10.1 Å². The monoisotopic (exact) mass is 368 g/mol. The lowest BCUT2D eigenvalue weighted by Crippen LogP contribution is -2.33. The van der Waals surface area contributed by atoms with E-state index in [1.54, 1.807) is 12.3 Å². The molecule has 6 nitrogen and oxygen atoms in total. The largest absolute Gasteiger partial charge is 0.469 e. The molecule has 2 aromatic heterocycles. The van der Waals surface area contributed by atoms with E-state index in [1.165, 1.54) is 23.1 Å². The summed E-state index contributed by atoms with van der Waals surface area (Å²) in [6.07, 6.45) is 3.72. The van der Waals surface area contributed by atoms with E-state index < -0.39 is 17.7 Å². The summed E-state index contributed by atoms with van der Waals surface area (Å²) in [6, 6.07) is 6.15. The predicted octanol–water partition coefficient (Wildman–Crippen LogP) is 3.57. The molecule has 8 heteroatoms. The third-order valence-corrected chi connectivity index (χ3v) is 5.01. The zero-order valence-electron chi connectivity index (χ0n) is 14.0. The van der Waals surface area contributed by atoms with Gasteiger partial charge in [0.1, 0.15) is 29.8 Å². The van der Waals surface area contributed by atoms with Crippen molar-refractivity contribution in [2.24, 2.45) is 0 Å². The summed E-state index contributed by atoms with van der Waals surface area (Å²) in [6.45, 7) is 0. The van der Waals surface area contributed by atoms with Crippen LogP contribution in [0.3, 0.4) is 0 Å². The van der Waals surface area contributed by atoms with Gasteiger partial charge in [-0.3, -0.25) is 4.79 Å². The number of allylic oxidation sites excluding steroid dienone is 2. The van der Waals surface area contributed by atoms with Gasteiger partial charge in [0.15, 0.2) is 5.78 Å². The molecule has 1 aliphatic heterocycles. The number of ketones is 1. The molecule has 2 aliphatic rings. The number of hydrogen-bond acceptors (Lipinski definition) is 5. The van der Waals surface area contributed by atoms with Gasteiger partial charge in [0.25, 0.3) is 0 Å². The minimum atomic E-state index is -0.728. The summed E-state index contributed by atoms with van der Waals surface area (Å²) in [7, 11) is 0. The Labute approximate surface area is 152 Å².